The first-order valence-corrected chi connectivity index (χ1v) is 8.98. The third kappa shape index (κ3) is 3.93. The molecule has 2 aromatic rings. The predicted octanol–water partition coefficient (Wildman–Crippen LogP) is 3.43. The second-order valence-electron chi connectivity index (χ2n) is 5.85. The minimum absolute atomic E-state index is 0.243. The van der Waals surface area contributed by atoms with Crippen LogP contribution >= 0.6 is 11.8 Å². The molecule has 1 amide bonds. The van der Waals surface area contributed by atoms with E-state index in [1.807, 2.05) is 18.2 Å². The van der Waals surface area contributed by atoms with Gasteiger partial charge in [-0.1, -0.05) is 6.07 Å². The summed E-state index contributed by atoms with van der Waals surface area (Å²) in [4.78, 5) is 12.5. The fraction of sp³-hybridized carbons (Fsp3) is 0.211. The van der Waals surface area contributed by atoms with E-state index in [2.05, 4.69) is 22.8 Å². The van der Waals surface area contributed by atoms with Gasteiger partial charge in [-0.2, -0.15) is 22.3 Å². The molecule has 0 spiro atoms. The van der Waals surface area contributed by atoms with Crippen molar-refractivity contribution in [2.24, 2.45) is 0 Å². The van der Waals surface area contributed by atoms with E-state index in [1.165, 1.54) is 0 Å². The standard InChI is InChI=1S/C19H16N4OS/c20-11-14-4-6-16(7-5-14)22-17-3-1-2-15(10-17)18(24)23-19(12-21)8-9-25-13-19/h1-7,10,22H,8-9,13H2,(H,23,24)/t19-/m0/s1. The molecule has 1 atom stereocenters. The molecule has 5 nitrogen and oxygen atoms in total. The zero-order valence-electron chi connectivity index (χ0n) is 13.5. The molecule has 3 rings (SSSR count). The SMILES string of the molecule is N#Cc1ccc(Nc2cccc(C(=O)N[C@]3(C#N)CCSC3)c2)cc1. The molecule has 1 saturated heterocycles. The number of benzene rings is 2. The van der Waals surface area contributed by atoms with Crippen LogP contribution in [-0.2, 0) is 0 Å². The lowest BCUT2D eigenvalue weighted by molar-refractivity contribution is 0.0926. The average molecular weight is 348 g/mol. The number of hydrogen-bond acceptors (Lipinski definition) is 5. The summed E-state index contributed by atoms with van der Waals surface area (Å²) in [6, 6.07) is 18.5. The van der Waals surface area contributed by atoms with Crippen LogP contribution in [0.2, 0.25) is 0 Å². The number of nitrogens with zero attached hydrogens (tertiary/aromatic N) is 2. The van der Waals surface area contributed by atoms with E-state index in [-0.39, 0.29) is 5.91 Å². The highest BCUT2D eigenvalue weighted by Gasteiger charge is 2.36. The highest BCUT2D eigenvalue weighted by atomic mass is 32.2. The van der Waals surface area contributed by atoms with E-state index in [9.17, 15) is 10.1 Å². The Bertz CT molecular complexity index is 858. The molecule has 0 saturated carbocycles. The largest absolute Gasteiger partial charge is 0.356 e. The minimum Gasteiger partial charge on any atom is -0.356 e. The monoisotopic (exact) mass is 348 g/mol. The predicted molar refractivity (Wildman–Crippen MR) is 98.6 cm³/mol. The number of carbonyl (C=O) groups excluding carboxylic acids is 1. The topological polar surface area (TPSA) is 88.7 Å². The van der Waals surface area contributed by atoms with Crippen LogP contribution in [0.4, 0.5) is 11.4 Å². The zero-order valence-corrected chi connectivity index (χ0v) is 14.3. The second-order valence-corrected chi connectivity index (χ2v) is 6.95. The van der Waals surface area contributed by atoms with Crippen molar-refractivity contribution >= 4 is 29.0 Å². The highest BCUT2D eigenvalue weighted by molar-refractivity contribution is 7.99. The minimum atomic E-state index is -0.766. The Morgan fingerprint density at radius 3 is 2.56 bits per heavy atom. The molecule has 1 fully saturated rings. The normalized spacial score (nSPS) is 18.8. The van der Waals surface area contributed by atoms with Crippen molar-refractivity contribution < 1.29 is 4.79 Å². The van der Waals surface area contributed by atoms with E-state index in [0.29, 0.717) is 23.3 Å². The van der Waals surface area contributed by atoms with Crippen molar-refractivity contribution in [3.05, 3.63) is 59.7 Å². The lowest BCUT2D eigenvalue weighted by Crippen LogP contribution is -2.47. The Morgan fingerprint density at radius 2 is 1.92 bits per heavy atom. The molecule has 2 aromatic carbocycles. The maximum Gasteiger partial charge on any atom is 0.252 e. The highest BCUT2D eigenvalue weighted by Crippen LogP contribution is 2.28. The van der Waals surface area contributed by atoms with Crippen LogP contribution in [-0.4, -0.2) is 23.0 Å². The smallest absolute Gasteiger partial charge is 0.252 e. The molecule has 0 bridgehead atoms. The van der Waals surface area contributed by atoms with E-state index < -0.39 is 5.54 Å². The summed E-state index contributed by atoms with van der Waals surface area (Å²) in [5.74, 6) is 1.26. The number of carbonyl (C=O) groups is 1. The lowest BCUT2D eigenvalue weighted by atomic mass is 10.0. The Hall–Kier alpha value is -2.96. The first-order chi connectivity index (χ1) is 12.1. The molecule has 0 radical (unpaired) electrons. The van der Waals surface area contributed by atoms with Crippen LogP contribution in [0.25, 0.3) is 0 Å². The Balaban J connectivity index is 1.73. The third-order valence-electron chi connectivity index (χ3n) is 4.02. The summed E-state index contributed by atoms with van der Waals surface area (Å²) in [6.07, 6.45) is 0.670. The Labute approximate surface area is 150 Å². The average Bonchev–Trinajstić information content (AvgIpc) is 3.11. The summed E-state index contributed by atoms with van der Waals surface area (Å²) in [5.41, 5.74) is 1.93. The van der Waals surface area contributed by atoms with Crippen LogP contribution in [0.15, 0.2) is 48.5 Å². The van der Waals surface area contributed by atoms with Crippen molar-refractivity contribution in [1.29, 1.82) is 10.5 Å². The van der Waals surface area contributed by atoms with Gasteiger partial charge in [0.15, 0.2) is 0 Å². The molecule has 1 aliphatic heterocycles. The van der Waals surface area contributed by atoms with Crippen molar-refractivity contribution in [3.8, 4) is 12.1 Å². The van der Waals surface area contributed by atoms with E-state index in [1.54, 1.807) is 42.1 Å². The first-order valence-electron chi connectivity index (χ1n) is 7.83. The maximum atomic E-state index is 12.5. The van der Waals surface area contributed by atoms with Crippen molar-refractivity contribution in [3.63, 3.8) is 0 Å². The molecule has 6 heteroatoms. The Kier molecular flexibility index (Phi) is 4.92. The lowest BCUT2D eigenvalue weighted by Gasteiger charge is -2.21. The van der Waals surface area contributed by atoms with E-state index in [4.69, 9.17) is 5.26 Å². The molecule has 1 heterocycles. The Morgan fingerprint density at radius 1 is 1.12 bits per heavy atom. The van der Waals surface area contributed by atoms with Gasteiger partial charge in [-0.05, 0) is 54.6 Å². The number of nitrogens with one attached hydrogen (secondary N) is 2. The summed E-state index contributed by atoms with van der Waals surface area (Å²) in [6.45, 7) is 0. The van der Waals surface area contributed by atoms with Crippen LogP contribution in [0.1, 0.15) is 22.3 Å². The van der Waals surface area contributed by atoms with Gasteiger partial charge in [0.25, 0.3) is 5.91 Å². The van der Waals surface area contributed by atoms with Gasteiger partial charge in [0.1, 0.15) is 5.54 Å². The van der Waals surface area contributed by atoms with Crippen molar-refractivity contribution in [2.75, 3.05) is 16.8 Å². The number of amides is 1. The van der Waals surface area contributed by atoms with Crippen LogP contribution in [0.3, 0.4) is 0 Å². The van der Waals surface area contributed by atoms with Crippen LogP contribution in [0.5, 0.6) is 0 Å². The first kappa shape index (κ1) is 16.9. The fourth-order valence-corrected chi connectivity index (χ4v) is 3.87. The number of hydrogen-bond donors (Lipinski definition) is 2. The molecule has 2 N–H and O–H groups in total. The van der Waals surface area contributed by atoms with Crippen molar-refractivity contribution in [2.45, 2.75) is 12.0 Å². The van der Waals surface area contributed by atoms with Gasteiger partial charge in [0.2, 0.25) is 0 Å². The molecular weight excluding hydrogens is 332 g/mol. The van der Waals surface area contributed by atoms with Crippen molar-refractivity contribution in [1.82, 2.24) is 5.32 Å². The number of anilines is 2. The molecule has 1 aliphatic rings. The fourth-order valence-electron chi connectivity index (χ4n) is 2.60. The van der Waals surface area contributed by atoms with Gasteiger partial charge in [-0.3, -0.25) is 4.79 Å². The van der Waals surface area contributed by atoms with Gasteiger partial charge in [-0.15, -0.1) is 0 Å². The summed E-state index contributed by atoms with van der Waals surface area (Å²) >= 11 is 1.68. The van der Waals surface area contributed by atoms with Gasteiger partial charge in [0.05, 0.1) is 17.7 Å². The van der Waals surface area contributed by atoms with Gasteiger partial charge in [-0.25, -0.2) is 0 Å². The van der Waals surface area contributed by atoms with E-state index in [0.717, 1.165) is 17.1 Å². The number of rotatable bonds is 4. The number of thioether (sulfide) groups is 1. The van der Waals surface area contributed by atoms with Gasteiger partial charge in [0, 0.05) is 22.7 Å². The number of nitriles is 2. The van der Waals surface area contributed by atoms with E-state index >= 15 is 0 Å². The van der Waals surface area contributed by atoms with Gasteiger partial charge < -0.3 is 10.6 Å². The summed E-state index contributed by atoms with van der Waals surface area (Å²) in [7, 11) is 0. The quantitative estimate of drug-likeness (QED) is 0.883. The summed E-state index contributed by atoms with van der Waals surface area (Å²) < 4.78 is 0. The molecule has 0 unspecified atom stereocenters. The maximum absolute atomic E-state index is 12.5. The molecule has 0 aliphatic carbocycles. The molecule has 0 aromatic heterocycles. The molecule has 25 heavy (non-hydrogen) atoms. The third-order valence-corrected chi connectivity index (χ3v) is 5.21. The van der Waals surface area contributed by atoms with Crippen LogP contribution in [0, 0.1) is 22.7 Å². The molecular formula is C19H16N4OS. The zero-order chi connectivity index (χ0) is 17.7. The van der Waals surface area contributed by atoms with Gasteiger partial charge >= 0.3 is 0 Å². The second kappa shape index (κ2) is 7.29. The van der Waals surface area contributed by atoms with Crippen LogP contribution < -0.4 is 10.6 Å². The molecule has 124 valence electrons. The summed E-state index contributed by atoms with van der Waals surface area (Å²) in [5, 5.41) is 24.3.